The number of aliphatic hydroxyl groups excluding tert-OH is 1. The minimum Gasteiger partial charge on any atom is -0.396 e. The molecule has 0 radical (unpaired) electrons. The van der Waals surface area contributed by atoms with Crippen molar-refractivity contribution in [3.05, 3.63) is 12.2 Å². The van der Waals surface area contributed by atoms with Crippen LogP contribution in [0.2, 0.25) is 24.8 Å². The van der Waals surface area contributed by atoms with E-state index in [0.29, 0.717) is 6.61 Å². The summed E-state index contributed by atoms with van der Waals surface area (Å²) in [6.45, 7) is 7.22. The van der Waals surface area contributed by atoms with Crippen molar-refractivity contribution in [2.45, 2.75) is 96.4 Å². The fourth-order valence-electron chi connectivity index (χ4n) is 3.30. The number of rotatable bonds is 15. The predicted molar refractivity (Wildman–Crippen MR) is 102 cm³/mol. The van der Waals surface area contributed by atoms with Crippen LogP contribution in [-0.2, 0) is 0 Å². The van der Waals surface area contributed by atoms with Crippen LogP contribution in [0.15, 0.2) is 12.2 Å². The zero-order chi connectivity index (χ0) is 15.8. The molecule has 0 fully saturated rings. The van der Waals surface area contributed by atoms with Crippen LogP contribution in [0.4, 0.5) is 0 Å². The van der Waals surface area contributed by atoms with E-state index in [0.717, 1.165) is 18.1 Å². The second kappa shape index (κ2) is 16.2. The molecule has 21 heavy (non-hydrogen) atoms. The van der Waals surface area contributed by atoms with Gasteiger partial charge in [-0.15, -0.1) is 0 Å². The SMILES string of the molecule is CBCCC/C=C\C[C@@H](BC(CCC)CCC)CCCO. The summed E-state index contributed by atoms with van der Waals surface area (Å²) in [6, 6.07) is 0. The van der Waals surface area contributed by atoms with Crippen molar-refractivity contribution in [3.8, 4) is 0 Å². The first-order chi connectivity index (χ1) is 10.3. The Morgan fingerprint density at radius 3 is 2.24 bits per heavy atom. The molecule has 122 valence electrons. The highest BCUT2D eigenvalue weighted by Gasteiger charge is 2.16. The molecule has 0 spiro atoms. The van der Waals surface area contributed by atoms with Gasteiger partial charge in [0.1, 0.15) is 14.6 Å². The highest BCUT2D eigenvalue weighted by Crippen LogP contribution is 2.28. The summed E-state index contributed by atoms with van der Waals surface area (Å²) in [6.07, 6.45) is 17.5. The van der Waals surface area contributed by atoms with Crippen LogP contribution in [0.5, 0.6) is 0 Å². The molecule has 0 aliphatic rings. The lowest BCUT2D eigenvalue weighted by atomic mass is 9.50. The van der Waals surface area contributed by atoms with Crippen molar-refractivity contribution in [1.82, 2.24) is 0 Å². The Labute approximate surface area is 135 Å². The third-order valence-corrected chi connectivity index (χ3v) is 4.44. The summed E-state index contributed by atoms with van der Waals surface area (Å²) in [5.74, 6) is 1.68. The van der Waals surface area contributed by atoms with Gasteiger partial charge in [0, 0.05) is 6.61 Å². The van der Waals surface area contributed by atoms with Gasteiger partial charge in [-0.2, -0.15) is 0 Å². The molecule has 0 amide bonds. The minimum atomic E-state index is 0.350. The lowest BCUT2D eigenvalue weighted by Crippen LogP contribution is -2.12. The van der Waals surface area contributed by atoms with Gasteiger partial charge in [0.05, 0.1) is 0 Å². The van der Waals surface area contributed by atoms with Crippen LogP contribution < -0.4 is 0 Å². The topological polar surface area (TPSA) is 20.2 Å². The molecule has 0 aliphatic heterocycles. The number of allylic oxidation sites excluding steroid dienone is 2. The Bertz CT molecular complexity index is 225. The fourth-order valence-corrected chi connectivity index (χ4v) is 3.30. The molecule has 1 N–H and O–H groups in total. The summed E-state index contributed by atoms with van der Waals surface area (Å²) in [7, 11) is 2.67. The molecule has 0 aromatic rings. The standard InChI is InChI=1S/C18H38B2O/c1-4-11-17(12-5-2)20-18(14-10-16-21)13-8-6-7-9-15-19-3/h6,8,17-21H,4-5,7,9-16H2,1-3H3/b8-6-/t18-/m1/s1. The van der Waals surface area contributed by atoms with Crippen LogP contribution in [0.3, 0.4) is 0 Å². The molecule has 3 heteroatoms. The summed E-state index contributed by atoms with van der Waals surface area (Å²) >= 11 is 0. The van der Waals surface area contributed by atoms with Crippen LogP contribution in [0, 0.1) is 0 Å². The van der Waals surface area contributed by atoms with Gasteiger partial charge in [-0.05, 0) is 19.3 Å². The smallest absolute Gasteiger partial charge is 0.128 e. The maximum atomic E-state index is 9.11. The number of hydrogen-bond acceptors (Lipinski definition) is 1. The first kappa shape index (κ1) is 20.8. The Morgan fingerprint density at radius 2 is 1.67 bits per heavy atom. The van der Waals surface area contributed by atoms with E-state index >= 15 is 0 Å². The van der Waals surface area contributed by atoms with Gasteiger partial charge in [0.15, 0.2) is 0 Å². The van der Waals surface area contributed by atoms with Gasteiger partial charge in [-0.1, -0.05) is 89.3 Å². The molecule has 0 unspecified atom stereocenters. The Hall–Kier alpha value is -0.170. The van der Waals surface area contributed by atoms with Crippen molar-refractivity contribution in [2.24, 2.45) is 0 Å². The van der Waals surface area contributed by atoms with Crippen molar-refractivity contribution < 1.29 is 5.11 Å². The molecule has 0 aliphatic carbocycles. The quantitative estimate of drug-likeness (QED) is 0.256. The monoisotopic (exact) mass is 292 g/mol. The van der Waals surface area contributed by atoms with Gasteiger partial charge in [-0.25, -0.2) is 0 Å². The Balaban J connectivity index is 4.15. The number of aliphatic hydroxyl groups is 1. The zero-order valence-electron chi connectivity index (χ0n) is 14.9. The van der Waals surface area contributed by atoms with E-state index < -0.39 is 0 Å². The zero-order valence-corrected chi connectivity index (χ0v) is 14.9. The molecular formula is C18H38B2O. The first-order valence-corrected chi connectivity index (χ1v) is 9.54. The van der Waals surface area contributed by atoms with Gasteiger partial charge in [-0.3, -0.25) is 0 Å². The molecule has 0 saturated heterocycles. The van der Waals surface area contributed by atoms with Crippen molar-refractivity contribution in [2.75, 3.05) is 6.61 Å². The van der Waals surface area contributed by atoms with E-state index in [-0.39, 0.29) is 0 Å². The molecular weight excluding hydrogens is 254 g/mol. The van der Waals surface area contributed by atoms with Crippen molar-refractivity contribution in [1.29, 1.82) is 0 Å². The number of unbranched alkanes of at least 4 members (excludes halogenated alkanes) is 1. The summed E-state index contributed by atoms with van der Waals surface area (Å²) in [5, 5.41) is 9.11. The maximum Gasteiger partial charge on any atom is 0.128 e. The van der Waals surface area contributed by atoms with E-state index in [9.17, 15) is 0 Å². The molecule has 1 atom stereocenters. The van der Waals surface area contributed by atoms with E-state index in [1.165, 1.54) is 72.2 Å². The second-order valence-corrected chi connectivity index (χ2v) is 6.61. The maximum absolute atomic E-state index is 9.11. The molecule has 0 heterocycles. The highest BCUT2D eigenvalue weighted by atomic mass is 16.2. The lowest BCUT2D eigenvalue weighted by Gasteiger charge is -2.20. The van der Waals surface area contributed by atoms with Crippen LogP contribution in [-0.4, -0.2) is 26.3 Å². The summed E-state index contributed by atoms with van der Waals surface area (Å²) in [5.41, 5.74) is 0. The summed E-state index contributed by atoms with van der Waals surface area (Å²) in [4.78, 5) is 0. The first-order valence-electron chi connectivity index (χ1n) is 9.54. The minimum absolute atomic E-state index is 0.350. The van der Waals surface area contributed by atoms with Crippen LogP contribution in [0.25, 0.3) is 0 Å². The molecule has 0 rings (SSSR count). The van der Waals surface area contributed by atoms with E-state index in [1.807, 2.05) is 0 Å². The molecule has 0 aromatic carbocycles. The Kier molecular flexibility index (Phi) is 16.1. The third kappa shape index (κ3) is 13.2. The van der Waals surface area contributed by atoms with E-state index in [4.69, 9.17) is 5.11 Å². The normalized spacial score (nSPS) is 13.0. The fraction of sp³-hybridized carbons (Fsp3) is 0.889. The average molecular weight is 292 g/mol. The summed E-state index contributed by atoms with van der Waals surface area (Å²) < 4.78 is 0. The molecule has 1 nitrogen and oxygen atoms in total. The van der Waals surface area contributed by atoms with E-state index in [2.05, 4.69) is 32.8 Å². The second-order valence-electron chi connectivity index (χ2n) is 6.61. The number of hydrogen-bond donors (Lipinski definition) is 1. The lowest BCUT2D eigenvalue weighted by molar-refractivity contribution is 0.283. The predicted octanol–water partition coefficient (Wildman–Crippen LogP) is 5.00. The molecule has 0 bridgehead atoms. The average Bonchev–Trinajstić information content (AvgIpc) is 2.48. The van der Waals surface area contributed by atoms with Gasteiger partial charge in [0.25, 0.3) is 0 Å². The molecule has 0 aromatic heterocycles. The van der Waals surface area contributed by atoms with Gasteiger partial charge in [0.2, 0.25) is 0 Å². The third-order valence-electron chi connectivity index (χ3n) is 4.44. The van der Waals surface area contributed by atoms with Crippen LogP contribution >= 0.6 is 0 Å². The highest BCUT2D eigenvalue weighted by molar-refractivity contribution is 6.39. The van der Waals surface area contributed by atoms with E-state index in [1.54, 1.807) is 0 Å². The molecule has 0 saturated carbocycles. The van der Waals surface area contributed by atoms with Crippen LogP contribution in [0.1, 0.15) is 71.6 Å². The van der Waals surface area contributed by atoms with Crippen molar-refractivity contribution in [3.63, 3.8) is 0 Å². The largest absolute Gasteiger partial charge is 0.396 e. The van der Waals surface area contributed by atoms with Gasteiger partial charge < -0.3 is 5.11 Å². The Morgan fingerprint density at radius 1 is 0.952 bits per heavy atom. The van der Waals surface area contributed by atoms with Gasteiger partial charge >= 0.3 is 0 Å². The van der Waals surface area contributed by atoms with Crippen molar-refractivity contribution >= 4 is 14.6 Å².